The van der Waals surface area contributed by atoms with E-state index < -0.39 is 18.3 Å². The number of nitrogens with one attached hydrogen (secondary N) is 5. The summed E-state index contributed by atoms with van der Waals surface area (Å²) in [7, 11) is 0. The van der Waals surface area contributed by atoms with Crippen LogP contribution >= 0.6 is 0 Å². The highest BCUT2D eigenvalue weighted by molar-refractivity contribution is 6.22. The third-order valence-electron chi connectivity index (χ3n) is 22.7. The predicted octanol–water partition coefficient (Wildman–Crippen LogP) is 1.34. The number of imide groups is 7. The summed E-state index contributed by atoms with van der Waals surface area (Å²) >= 11 is 0. The molecule has 11 N–H and O–H groups in total. The first-order chi connectivity index (χ1) is 70.4. The molecule has 0 aliphatic carbocycles. The van der Waals surface area contributed by atoms with E-state index in [0.29, 0.717) is 95.1 Å². The molecule has 15 unspecified atom stereocenters. The van der Waals surface area contributed by atoms with Crippen molar-refractivity contribution < 1.29 is 165 Å². The molecule has 828 valence electrons. The summed E-state index contributed by atoms with van der Waals surface area (Å²) in [4.78, 5) is 273. The average Bonchev–Trinajstić information content (AvgIpc) is 1.68. The van der Waals surface area contributed by atoms with Gasteiger partial charge in [0.05, 0.1) is 41.6 Å². The molecule has 7 aliphatic heterocycles. The maximum atomic E-state index is 12.0. The molecule has 149 heavy (non-hydrogen) atoms. The van der Waals surface area contributed by atoms with Crippen LogP contribution in [0.3, 0.4) is 0 Å². The fourth-order valence-corrected chi connectivity index (χ4v) is 14.5. The zero-order chi connectivity index (χ0) is 113. The van der Waals surface area contributed by atoms with Crippen molar-refractivity contribution in [1.82, 2.24) is 66.3 Å². The maximum absolute atomic E-state index is 12.0. The van der Waals surface area contributed by atoms with Crippen molar-refractivity contribution in [2.24, 2.45) is 47.3 Å². The highest BCUT2D eigenvalue weighted by atomic mass is 16.5. The first-order valence-electron chi connectivity index (χ1n) is 48.6. The molecule has 50 nitrogen and oxygen atoms in total. The molecule has 0 radical (unpaired) electrons. The summed E-state index contributed by atoms with van der Waals surface area (Å²) in [5, 5.41) is 58.6. The number of likely N-dealkylation sites (tertiary alicyclic amines) is 4. The van der Waals surface area contributed by atoms with E-state index in [4.69, 9.17) is 40.0 Å². The van der Waals surface area contributed by atoms with Crippen LogP contribution in [-0.4, -0.2) is 344 Å². The van der Waals surface area contributed by atoms with Crippen LogP contribution in [0, 0.1) is 47.3 Å². The van der Waals surface area contributed by atoms with Gasteiger partial charge in [-0.2, -0.15) is 0 Å². The smallest absolute Gasteiger partial charge is 0.293 e. The number of aliphatic hydroxyl groups excluding tert-OH is 3. The Hall–Kier alpha value is -13.4. The monoisotopic (exact) mass is 2110 g/mol. The Labute approximate surface area is 865 Å². The van der Waals surface area contributed by atoms with E-state index >= 15 is 0 Å². The van der Waals surface area contributed by atoms with Gasteiger partial charge in [-0.05, 0) is 122 Å². The fourth-order valence-electron chi connectivity index (χ4n) is 14.5. The molecule has 15 atom stereocenters. The second-order valence-corrected chi connectivity index (χ2v) is 36.6. The maximum Gasteiger partial charge on any atom is 0.293 e. The van der Waals surface area contributed by atoms with Crippen molar-refractivity contribution in [3.8, 4) is 0 Å². The fraction of sp³-hybridized carbons (Fsp3) is 0.586. The van der Waals surface area contributed by atoms with Crippen LogP contribution in [0.15, 0.2) is 72.8 Å². The number of carbonyl (C=O) groups excluding carboxylic acids is 23. The van der Waals surface area contributed by atoms with Crippen LogP contribution in [0.2, 0.25) is 0 Å². The zero-order valence-electron chi connectivity index (χ0n) is 87.8. The van der Waals surface area contributed by atoms with Crippen LogP contribution in [0.25, 0.3) is 0 Å². The highest BCUT2D eigenvalue weighted by Crippen LogP contribution is 2.31. The molecule has 7 fully saturated rings. The molecule has 0 aromatic heterocycles. The van der Waals surface area contributed by atoms with E-state index in [1.165, 1.54) is 57.9 Å². The minimum absolute atomic E-state index is 0.0580. The lowest BCUT2D eigenvalue weighted by Gasteiger charge is -2.25. The predicted molar refractivity (Wildman–Crippen MR) is 529 cm³/mol. The number of anilines is 3. The molecule has 3 aromatic rings. The number of benzene rings is 3. The molecule has 10 rings (SSSR count). The molecular weight excluding hydrogens is 1960 g/mol. The van der Waals surface area contributed by atoms with Crippen LogP contribution < -0.4 is 41.8 Å². The molecular formula is C99H148N16O34. The second kappa shape index (κ2) is 69.0. The first kappa shape index (κ1) is 132. The molecule has 7 aliphatic rings. The average molecular weight is 2110 g/mol. The Bertz CT molecular complexity index is 4900. The third-order valence-corrected chi connectivity index (χ3v) is 22.7. The molecule has 7 heterocycles. The van der Waals surface area contributed by atoms with Crippen LogP contribution in [-0.2, 0) is 153 Å². The van der Waals surface area contributed by atoms with Gasteiger partial charge in [0.2, 0.25) is 120 Å². The number of Topliss-reactive ketones (excluding diaryl/α,β-unsaturated/α-hetero) is 1. The molecule has 20 amide bonds. The summed E-state index contributed by atoms with van der Waals surface area (Å²) < 4.78 is 23.8. The van der Waals surface area contributed by atoms with Gasteiger partial charge in [0.15, 0.2) is 5.78 Å². The SMILES string of the molecule is CC(CN(C=O)CN1C(=O)CC(C)C1=O)NO.CC(CN(C=O)Cc1ccc(N2C(=O)CC(C)C2=O)cc1)NO.CC(CN1C(=O)CC(C)C1=O)NO.CC(O)C(=O)Cc1ccc(N2C(=O)CC(C)C2=O)cc1.CC(O)CN(C=O)CN1C(=O)CC(C)C1=O.CC(O)CN(C=O)Cc1ccc(N2C(=O)CC(C)C2=O)cc1.CCOCN1C(=O)CC(C)C1=O.CCOCNC(=O)C(C)COC=O.CCOCNC(=O)CC(C)OC=O. The van der Waals surface area contributed by atoms with Gasteiger partial charge in [0.1, 0.15) is 52.3 Å². The van der Waals surface area contributed by atoms with Crippen LogP contribution in [0.1, 0.15) is 193 Å². The lowest BCUT2D eigenvalue weighted by atomic mass is 10.1. The van der Waals surface area contributed by atoms with Gasteiger partial charge >= 0.3 is 0 Å². The van der Waals surface area contributed by atoms with E-state index in [9.17, 15) is 115 Å². The lowest BCUT2D eigenvalue weighted by Crippen LogP contribution is -2.45. The van der Waals surface area contributed by atoms with Gasteiger partial charge in [-0.15, -0.1) is 0 Å². The summed E-state index contributed by atoms with van der Waals surface area (Å²) in [6, 6.07) is 19.8. The van der Waals surface area contributed by atoms with E-state index in [1.54, 1.807) is 163 Å². The van der Waals surface area contributed by atoms with Crippen LogP contribution in [0.4, 0.5) is 17.1 Å². The van der Waals surface area contributed by atoms with Crippen molar-refractivity contribution >= 4 is 156 Å². The normalized spacial score (nSPS) is 19.7. The lowest BCUT2D eigenvalue weighted by molar-refractivity contribution is -0.146. The molecule has 0 bridgehead atoms. The van der Waals surface area contributed by atoms with Gasteiger partial charge in [-0.3, -0.25) is 145 Å². The minimum atomic E-state index is -0.989. The van der Waals surface area contributed by atoms with Gasteiger partial charge in [0.25, 0.3) is 12.9 Å². The molecule has 0 saturated carbocycles. The number of ketones is 1. The first-order valence-corrected chi connectivity index (χ1v) is 48.6. The van der Waals surface area contributed by atoms with Crippen LogP contribution in [0.5, 0.6) is 0 Å². The Morgan fingerprint density at radius 1 is 0.389 bits per heavy atom. The number of aliphatic hydroxyl groups is 3. The van der Waals surface area contributed by atoms with Gasteiger partial charge in [-0.25, -0.2) is 16.4 Å². The number of hydroxylamine groups is 3. The van der Waals surface area contributed by atoms with Crippen molar-refractivity contribution in [1.29, 1.82) is 0 Å². The van der Waals surface area contributed by atoms with E-state index in [1.807, 2.05) is 31.7 Å². The minimum Gasteiger partial charge on any atom is -0.467 e. The number of rotatable bonds is 48. The number of carbonyl (C=O) groups is 23. The Balaban J connectivity index is 0.000000572. The Kier molecular flexibility index (Phi) is 61.0. The van der Waals surface area contributed by atoms with Crippen molar-refractivity contribution in [3.05, 3.63) is 89.5 Å². The summed E-state index contributed by atoms with van der Waals surface area (Å²) in [6.07, 6.45) is 1.85. The number of hydrogen-bond donors (Lipinski definition) is 11. The Morgan fingerprint density at radius 2 is 0.705 bits per heavy atom. The van der Waals surface area contributed by atoms with Gasteiger partial charge in [0, 0.05) is 177 Å². The van der Waals surface area contributed by atoms with E-state index in [0.717, 1.165) is 32.9 Å². The topological polar surface area (TPSA) is 656 Å². The zero-order valence-corrected chi connectivity index (χ0v) is 87.8. The molecule has 3 aromatic carbocycles. The molecule has 7 saturated heterocycles. The van der Waals surface area contributed by atoms with E-state index in [-0.39, 0.29) is 290 Å². The summed E-state index contributed by atoms with van der Waals surface area (Å²) in [5.41, 5.74) is 10.2. The van der Waals surface area contributed by atoms with E-state index in [2.05, 4.69) is 25.6 Å². The van der Waals surface area contributed by atoms with Crippen molar-refractivity contribution in [2.45, 2.75) is 238 Å². The standard InChI is InChI=1S/C16H21N3O4.C16H20N2O4.C15H17NO4.C10H17N3O4.C10H16N2O4.C8H14N2O3.2C8H15NO4.C8H13NO3/c1-11-7-15(21)19(16(11)22)14-5-3-13(4-6-14)9-18(10-20)8-12(2)17-23;1-11-7-15(21)18(16(11)22)14-5-3-13(4-6-14)9-17(10-19)8-12(2)20;1-9-7-14(19)16(15(9)20)12-5-3-11(4-6-12)8-13(18)10(2)17;1-7-3-9(15)13(10(7)16)5-12(6-14)4-8(2)11-17;1-7-3-9(15)12(10(7)16)5-11(6-13)4-8(2)14;1-5-3-7(11)10(8(5)12)4-6(2)9-13;1-3-12-5-9-8(11)7(2)4-13-6-10;1-3-12-5-9-8(11)4-7(2)13-6-10;1-3-12-5-9-7(10)4-6(2)8(9)11/h3-6,10-12,17,23H,7-9H2,1-2H3;3-6,10-12,20H,7-9H2,1-2H3;3-6,9-10,17H,7-8H2,1-2H3;6-8,11,17H,3-5H2,1-2H3;6-8,14H,3-5H2,1-2H3;5-6,9,13H,3-4H2,1-2H3;2*6-7H,3-5H2,1-2H3,(H,9,11);6H,3-5H2,1-2H3. The van der Waals surface area contributed by atoms with Crippen molar-refractivity contribution in [3.63, 3.8) is 0 Å². The number of ether oxygens (including phenoxy) is 5. The third kappa shape index (κ3) is 45.7. The Morgan fingerprint density at radius 3 is 1.01 bits per heavy atom. The quantitative estimate of drug-likeness (QED) is 0.0125. The van der Waals surface area contributed by atoms with Gasteiger partial charge < -0.3 is 84.9 Å². The largest absolute Gasteiger partial charge is 0.467 e. The summed E-state index contributed by atoms with van der Waals surface area (Å²) in [6.45, 7) is 35.3. The van der Waals surface area contributed by atoms with Gasteiger partial charge in [-0.1, -0.05) is 91.8 Å². The number of hydrogen-bond acceptors (Lipinski definition) is 37. The highest BCUT2D eigenvalue weighted by Gasteiger charge is 2.43. The molecule has 0 spiro atoms. The molecule has 50 heteroatoms. The number of nitrogens with zero attached hydrogens (tertiary/aromatic N) is 11. The second-order valence-electron chi connectivity index (χ2n) is 36.6. The van der Waals surface area contributed by atoms with Crippen molar-refractivity contribution in [2.75, 3.05) is 107 Å². The summed E-state index contributed by atoms with van der Waals surface area (Å²) in [5.74, 6) is -5.54. The number of amides is 20.